The highest BCUT2D eigenvalue weighted by Gasteiger charge is 2.33. The zero-order valence-corrected chi connectivity index (χ0v) is 13.2. The first-order chi connectivity index (χ1) is 10.7. The Balaban J connectivity index is 1.99. The average molecular weight is 296 g/mol. The van der Waals surface area contributed by atoms with E-state index in [1.165, 1.54) is 11.1 Å². The maximum Gasteiger partial charge on any atom is 0.171 e. The van der Waals surface area contributed by atoms with Gasteiger partial charge in [-0.25, -0.2) is 0 Å². The summed E-state index contributed by atoms with van der Waals surface area (Å²) in [6.07, 6.45) is 1.68. The van der Waals surface area contributed by atoms with Gasteiger partial charge in [0.15, 0.2) is 5.78 Å². The van der Waals surface area contributed by atoms with Gasteiger partial charge >= 0.3 is 0 Å². The standard InChI is InChI=1S/C19H20O3/c1-4-12-9-15(22-3)10-18-16(12)11-17(19(18)20)13-5-7-14(21-2)8-6-13/h5-10,17H,4,11H2,1-3H3. The fourth-order valence-corrected chi connectivity index (χ4v) is 3.19. The largest absolute Gasteiger partial charge is 0.497 e. The fraction of sp³-hybridized carbons (Fsp3) is 0.316. The lowest BCUT2D eigenvalue weighted by Gasteiger charge is -2.09. The summed E-state index contributed by atoms with van der Waals surface area (Å²) < 4.78 is 10.5. The van der Waals surface area contributed by atoms with E-state index in [-0.39, 0.29) is 11.7 Å². The number of ketones is 1. The van der Waals surface area contributed by atoms with E-state index in [0.717, 1.165) is 35.5 Å². The second-order valence-corrected chi connectivity index (χ2v) is 5.56. The molecule has 0 spiro atoms. The van der Waals surface area contributed by atoms with Gasteiger partial charge in [-0.15, -0.1) is 0 Å². The monoisotopic (exact) mass is 296 g/mol. The van der Waals surface area contributed by atoms with Gasteiger partial charge < -0.3 is 9.47 Å². The van der Waals surface area contributed by atoms with Crippen LogP contribution >= 0.6 is 0 Å². The zero-order valence-electron chi connectivity index (χ0n) is 13.2. The second-order valence-electron chi connectivity index (χ2n) is 5.56. The molecule has 0 N–H and O–H groups in total. The number of carbonyl (C=O) groups is 1. The lowest BCUT2D eigenvalue weighted by Crippen LogP contribution is -2.06. The van der Waals surface area contributed by atoms with Crippen LogP contribution in [0.5, 0.6) is 11.5 Å². The molecule has 114 valence electrons. The SMILES string of the molecule is CCc1cc(OC)cc2c1CC(c1ccc(OC)cc1)C2=O. The highest BCUT2D eigenvalue weighted by atomic mass is 16.5. The lowest BCUT2D eigenvalue weighted by molar-refractivity contribution is 0.0972. The quantitative estimate of drug-likeness (QED) is 0.861. The van der Waals surface area contributed by atoms with Crippen molar-refractivity contribution in [3.8, 4) is 11.5 Å². The second kappa shape index (κ2) is 5.84. The molecule has 3 nitrogen and oxygen atoms in total. The molecule has 22 heavy (non-hydrogen) atoms. The molecule has 0 aromatic heterocycles. The van der Waals surface area contributed by atoms with Crippen molar-refractivity contribution in [3.05, 3.63) is 58.7 Å². The summed E-state index contributed by atoms with van der Waals surface area (Å²) in [5.41, 5.74) is 4.24. The van der Waals surface area contributed by atoms with Crippen LogP contribution in [0.1, 0.15) is 39.9 Å². The third-order valence-corrected chi connectivity index (χ3v) is 4.44. The molecule has 0 fully saturated rings. The van der Waals surface area contributed by atoms with Crippen LogP contribution in [0.4, 0.5) is 0 Å². The Bertz CT molecular complexity index is 701. The molecule has 0 heterocycles. The van der Waals surface area contributed by atoms with Crippen molar-refractivity contribution >= 4 is 5.78 Å². The number of rotatable bonds is 4. The smallest absolute Gasteiger partial charge is 0.171 e. The van der Waals surface area contributed by atoms with Gasteiger partial charge in [-0.1, -0.05) is 19.1 Å². The molecule has 0 saturated carbocycles. The van der Waals surface area contributed by atoms with Crippen LogP contribution in [0.2, 0.25) is 0 Å². The summed E-state index contributed by atoms with van der Waals surface area (Å²) >= 11 is 0. The van der Waals surface area contributed by atoms with E-state index in [1.807, 2.05) is 36.4 Å². The summed E-state index contributed by atoms with van der Waals surface area (Å²) in [5.74, 6) is 1.66. The van der Waals surface area contributed by atoms with Crippen LogP contribution in [0.25, 0.3) is 0 Å². The van der Waals surface area contributed by atoms with Gasteiger partial charge in [0, 0.05) is 5.56 Å². The maximum absolute atomic E-state index is 12.8. The van der Waals surface area contributed by atoms with Gasteiger partial charge in [-0.3, -0.25) is 4.79 Å². The minimum absolute atomic E-state index is 0.0988. The van der Waals surface area contributed by atoms with Crippen LogP contribution in [-0.4, -0.2) is 20.0 Å². The number of aryl methyl sites for hydroxylation is 1. The molecule has 0 saturated heterocycles. The predicted molar refractivity (Wildman–Crippen MR) is 86.1 cm³/mol. The molecule has 2 aromatic carbocycles. The molecule has 1 unspecified atom stereocenters. The van der Waals surface area contributed by atoms with E-state index < -0.39 is 0 Å². The van der Waals surface area contributed by atoms with E-state index in [9.17, 15) is 4.79 Å². The summed E-state index contributed by atoms with van der Waals surface area (Å²) in [5, 5.41) is 0. The van der Waals surface area contributed by atoms with E-state index in [0.29, 0.717) is 0 Å². The first-order valence-corrected chi connectivity index (χ1v) is 7.55. The Morgan fingerprint density at radius 3 is 2.32 bits per heavy atom. The summed E-state index contributed by atoms with van der Waals surface area (Å²) in [6.45, 7) is 2.11. The number of Topliss-reactive ketones (excluding diaryl/α,β-unsaturated/α-hetero) is 1. The van der Waals surface area contributed by atoms with Crippen LogP contribution < -0.4 is 9.47 Å². The summed E-state index contributed by atoms with van der Waals surface area (Å²) in [7, 11) is 3.28. The average Bonchev–Trinajstić information content (AvgIpc) is 2.91. The van der Waals surface area contributed by atoms with E-state index in [4.69, 9.17) is 9.47 Å². The highest BCUT2D eigenvalue weighted by Crippen LogP contribution is 2.38. The number of benzene rings is 2. The third kappa shape index (κ3) is 2.37. The van der Waals surface area contributed by atoms with Crippen LogP contribution in [-0.2, 0) is 12.8 Å². The van der Waals surface area contributed by atoms with Gasteiger partial charge in [0.05, 0.1) is 20.1 Å². The van der Waals surface area contributed by atoms with Crippen molar-refractivity contribution in [1.29, 1.82) is 0 Å². The van der Waals surface area contributed by atoms with Crippen molar-refractivity contribution in [3.63, 3.8) is 0 Å². The highest BCUT2D eigenvalue weighted by molar-refractivity contribution is 6.06. The van der Waals surface area contributed by atoms with E-state index in [1.54, 1.807) is 14.2 Å². The van der Waals surface area contributed by atoms with Crippen molar-refractivity contribution < 1.29 is 14.3 Å². The first-order valence-electron chi connectivity index (χ1n) is 7.55. The van der Waals surface area contributed by atoms with Gasteiger partial charge in [-0.2, -0.15) is 0 Å². The molecule has 0 aliphatic heterocycles. The Morgan fingerprint density at radius 2 is 1.73 bits per heavy atom. The molecule has 2 aromatic rings. The molecule has 1 aliphatic carbocycles. The molecule has 3 rings (SSSR count). The summed E-state index contributed by atoms with van der Waals surface area (Å²) in [4.78, 5) is 12.8. The molecule has 0 bridgehead atoms. The predicted octanol–water partition coefficient (Wildman–Crippen LogP) is 3.79. The third-order valence-electron chi connectivity index (χ3n) is 4.44. The molecular formula is C19H20O3. The number of fused-ring (bicyclic) bond motifs is 1. The van der Waals surface area contributed by atoms with Gasteiger partial charge in [0.1, 0.15) is 11.5 Å². The maximum atomic E-state index is 12.8. The topological polar surface area (TPSA) is 35.5 Å². The normalized spacial score (nSPS) is 16.5. The number of hydrogen-bond donors (Lipinski definition) is 0. The lowest BCUT2D eigenvalue weighted by atomic mass is 9.95. The Labute approximate surface area is 130 Å². The van der Waals surface area contributed by atoms with Crippen LogP contribution in [0, 0.1) is 0 Å². The molecule has 1 aliphatic rings. The van der Waals surface area contributed by atoms with Crippen molar-refractivity contribution in [1.82, 2.24) is 0 Å². The van der Waals surface area contributed by atoms with Crippen LogP contribution in [0.15, 0.2) is 36.4 Å². The molecule has 0 amide bonds. The Morgan fingerprint density at radius 1 is 1.05 bits per heavy atom. The fourth-order valence-electron chi connectivity index (χ4n) is 3.19. The number of methoxy groups -OCH3 is 2. The van der Waals surface area contributed by atoms with Crippen molar-refractivity contribution in [2.75, 3.05) is 14.2 Å². The van der Waals surface area contributed by atoms with Gasteiger partial charge in [0.25, 0.3) is 0 Å². The van der Waals surface area contributed by atoms with Crippen molar-refractivity contribution in [2.45, 2.75) is 25.7 Å². The molecular weight excluding hydrogens is 276 g/mol. The zero-order chi connectivity index (χ0) is 15.7. The minimum Gasteiger partial charge on any atom is -0.497 e. The van der Waals surface area contributed by atoms with Gasteiger partial charge in [-0.05, 0) is 53.8 Å². The minimum atomic E-state index is -0.0988. The number of ether oxygens (including phenoxy) is 2. The number of hydrogen-bond acceptors (Lipinski definition) is 3. The molecule has 0 radical (unpaired) electrons. The van der Waals surface area contributed by atoms with Crippen LogP contribution in [0.3, 0.4) is 0 Å². The molecule has 1 atom stereocenters. The van der Waals surface area contributed by atoms with Gasteiger partial charge in [0.2, 0.25) is 0 Å². The Kier molecular flexibility index (Phi) is 3.88. The number of carbonyl (C=O) groups excluding carboxylic acids is 1. The summed E-state index contributed by atoms with van der Waals surface area (Å²) in [6, 6.07) is 11.7. The van der Waals surface area contributed by atoms with E-state index in [2.05, 4.69) is 6.92 Å². The Hall–Kier alpha value is -2.29. The first kappa shape index (κ1) is 14.6. The van der Waals surface area contributed by atoms with Crippen molar-refractivity contribution in [2.24, 2.45) is 0 Å². The van der Waals surface area contributed by atoms with E-state index >= 15 is 0 Å². The molecule has 3 heteroatoms.